The van der Waals surface area contributed by atoms with Gasteiger partial charge in [0.2, 0.25) is 14.3 Å². The number of anilines is 2. The van der Waals surface area contributed by atoms with Gasteiger partial charge in [0.15, 0.2) is 5.60 Å². The molecule has 0 radical (unpaired) electrons. The molecule has 3 aliphatic heterocycles. The summed E-state index contributed by atoms with van der Waals surface area (Å²) in [6, 6.07) is 12.8. The van der Waals surface area contributed by atoms with E-state index in [1.54, 1.807) is 25.1 Å². The van der Waals surface area contributed by atoms with E-state index < -0.39 is 31.6 Å². The fourth-order valence-corrected chi connectivity index (χ4v) is 9.26. The predicted molar refractivity (Wildman–Crippen MR) is 150 cm³/mol. The number of carbonyl (C=O) groups excluding carboxylic acids is 2. The monoisotopic (exact) mass is 555 g/mol. The molecule has 210 valence electrons. The summed E-state index contributed by atoms with van der Waals surface area (Å²) in [6.45, 7) is 6.20. The van der Waals surface area contributed by atoms with Crippen molar-refractivity contribution in [1.29, 1.82) is 0 Å². The normalized spacial score (nSPS) is 28.3. The lowest BCUT2D eigenvalue weighted by atomic mass is 9.82. The molecule has 0 bridgehead atoms. The second-order valence-electron chi connectivity index (χ2n) is 11.4. The molecule has 2 saturated heterocycles. The van der Waals surface area contributed by atoms with E-state index in [4.69, 9.17) is 9.47 Å². The number of benzene rings is 2. The van der Waals surface area contributed by atoms with E-state index in [0.29, 0.717) is 29.2 Å². The molecule has 2 fully saturated rings. The van der Waals surface area contributed by atoms with Crippen LogP contribution >= 0.6 is 0 Å². The van der Waals surface area contributed by atoms with Gasteiger partial charge in [-0.1, -0.05) is 19.1 Å². The number of nitrogens with one attached hydrogen (secondary N) is 2. The van der Waals surface area contributed by atoms with Crippen LogP contribution in [0.1, 0.15) is 37.3 Å². The number of amides is 2. The van der Waals surface area contributed by atoms with E-state index in [9.17, 15) is 14.7 Å². The highest BCUT2D eigenvalue weighted by molar-refractivity contribution is 6.72. The molecule has 1 spiro atoms. The molecule has 0 saturated carbocycles. The maximum atomic E-state index is 15.7. The Bertz CT molecular complexity index is 1230. The zero-order valence-electron chi connectivity index (χ0n) is 23.0. The number of fused-ring (bicyclic) bond motifs is 2. The summed E-state index contributed by atoms with van der Waals surface area (Å²) in [7, 11) is -1.69. The number of aliphatic hydroxyl groups excluding tert-OH is 1. The first-order valence-electron chi connectivity index (χ1n) is 13.7. The van der Waals surface area contributed by atoms with Crippen molar-refractivity contribution in [1.82, 2.24) is 5.32 Å². The standard InChI is InChI=1S/C29H38FN3O5Si/c1-18-26(39(3,4)30)25(13-15-34)38-29(18)22-16-21(37-2)11-12-24(22)33(28(29)36)17-19-7-9-20(10-8-19)32-27(35)23-6-5-14-31-23/h7-12,16,18,23,25-26,31,34H,5-6,13-15,17H2,1-4H3,(H,32,35)/t18-,23+,25+,26-,29+/m0/s1. The van der Waals surface area contributed by atoms with Crippen molar-refractivity contribution in [3.8, 4) is 5.75 Å². The van der Waals surface area contributed by atoms with Crippen LogP contribution in [-0.2, 0) is 26.5 Å². The number of hydrogen-bond acceptors (Lipinski definition) is 6. The Morgan fingerprint density at radius 2 is 2.03 bits per heavy atom. The van der Waals surface area contributed by atoms with Gasteiger partial charge in [-0.05, 0) is 74.8 Å². The molecule has 0 aromatic heterocycles. The maximum absolute atomic E-state index is 15.7. The zero-order valence-corrected chi connectivity index (χ0v) is 24.0. The summed E-state index contributed by atoms with van der Waals surface area (Å²) in [5.41, 5.74) is 1.16. The van der Waals surface area contributed by atoms with E-state index in [0.717, 1.165) is 24.9 Å². The summed E-state index contributed by atoms with van der Waals surface area (Å²) in [5.74, 6) is -0.106. The topological polar surface area (TPSA) is 100 Å². The van der Waals surface area contributed by atoms with Gasteiger partial charge in [-0.25, -0.2) is 0 Å². The minimum absolute atomic E-state index is 0.0431. The smallest absolute Gasteiger partial charge is 0.264 e. The van der Waals surface area contributed by atoms with Crippen LogP contribution in [0.2, 0.25) is 18.6 Å². The largest absolute Gasteiger partial charge is 0.497 e. The van der Waals surface area contributed by atoms with Crippen LogP contribution in [0.15, 0.2) is 42.5 Å². The lowest BCUT2D eigenvalue weighted by Gasteiger charge is -2.31. The van der Waals surface area contributed by atoms with Crippen molar-refractivity contribution < 1.29 is 28.3 Å². The fourth-order valence-electron chi connectivity index (χ4n) is 6.72. The van der Waals surface area contributed by atoms with Crippen molar-refractivity contribution >= 4 is 31.6 Å². The Labute approximate surface area is 230 Å². The van der Waals surface area contributed by atoms with Crippen molar-refractivity contribution in [2.24, 2.45) is 5.92 Å². The van der Waals surface area contributed by atoms with Crippen molar-refractivity contribution in [3.05, 3.63) is 53.6 Å². The zero-order chi connectivity index (χ0) is 27.9. The van der Waals surface area contributed by atoms with Gasteiger partial charge in [-0.3, -0.25) is 9.59 Å². The van der Waals surface area contributed by atoms with E-state index in [-0.39, 0.29) is 30.9 Å². The van der Waals surface area contributed by atoms with Gasteiger partial charge in [-0.15, -0.1) is 0 Å². The van der Waals surface area contributed by atoms with Crippen LogP contribution in [0.25, 0.3) is 0 Å². The molecule has 2 amide bonds. The quantitative estimate of drug-likeness (QED) is 0.335. The van der Waals surface area contributed by atoms with Gasteiger partial charge in [0.05, 0.1) is 31.5 Å². The number of hydrogen-bond donors (Lipinski definition) is 3. The molecule has 0 unspecified atom stereocenters. The van der Waals surface area contributed by atoms with Crippen LogP contribution < -0.4 is 20.3 Å². The Balaban J connectivity index is 1.45. The van der Waals surface area contributed by atoms with Gasteiger partial charge in [-0.2, -0.15) is 0 Å². The minimum atomic E-state index is -3.26. The molecule has 3 N–H and O–H groups in total. The summed E-state index contributed by atoms with van der Waals surface area (Å²) in [6.07, 6.45) is 1.53. The van der Waals surface area contributed by atoms with E-state index in [1.165, 1.54) is 0 Å². The first kappa shape index (κ1) is 27.8. The predicted octanol–water partition coefficient (Wildman–Crippen LogP) is 4.09. The lowest BCUT2D eigenvalue weighted by molar-refractivity contribution is -0.146. The average Bonchev–Trinajstić information content (AvgIpc) is 3.59. The molecular weight excluding hydrogens is 517 g/mol. The summed E-state index contributed by atoms with van der Waals surface area (Å²) >= 11 is 0. The molecule has 2 aromatic rings. The molecule has 39 heavy (non-hydrogen) atoms. The van der Waals surface area contributed by atoms with Crippen LogP contribution in [-0.4, -0.2) is 57.7 Å². The van der Waals surface area contributed by atoms with Crippen LogP contribution in [0.3, 0.4) is 0 Å². The van der Waals surface area contributed by atoms with Crippen molar-refractivity contribution in [2.45, 2.75) is 69.1 Å². The number of carbonyl (C=O) groups is 2. The minimum Gasteiger partial charge on any atom is -0.497 e. The number of halogens is 1. The van der Waals surface area contributed by atoms with E-state index in [2.05, 4.69) is 10.6 Å². The van der Waals surface area contributed by atoms with Crippen molar-refractivity contribution in [3.63, 3.8) is 0 Å². The first-order valence-corrected chi connectivity index (χ1v) is 16.7. The van der Waals surface area contributed by atoms with Gasteiger partial charge >= 0.3 is 0 Å². The Morgan fingerprint density at radius 1 is 1.28 bits per heavy atom. The Morgan fingerprint density at radius 3 is 2.64 bits per heavy atom. The third kappa shape index (κ3) is 4.88. The molecule has 3 aliphatic rings. The van der Waals surface area contributed by atoms with Crippen molar-refractivity contribution in [2.75, 3.05) is 30.5 Å². The summed E-state index contributed by atoms with van der Waals surface area (Å²) in [5, 5.41) is 15.9. The molecule has 3 heterocycles. The highest BCUT2D eigenvalue weighted by atomic mass is 28.4. The Kier molecular flexibility index (Phi) is 7.58. The summed E-state index contributed by atoms with van der Waals surface area (Å²) < 4.78 is 27.7. The second kappa shape index (κ2) is 10.6. The number of ether oxygens (including phenoxy) is 2. The summed E-state index contributed by atoms with van der Waals surface area (Å²) in [4.78, 5) is 28.5. The first-order chi connectivity index (χ1) is 18.6. The third-order valence-electron chi connectivity index (χ3n) is 8.52. The molecule has 0 aliphatic carbocycles. The van der Waals surface area contributed by atoms with E-state index >= 15 is 4.11 Å². The second-order valence-corrected chi connectivity index (χ2v) is 15.2. The van der Waals surface area contributed by atoms with E-state index in [1.807, 2.05) is 49.4 Å². The van der Waals surface area contributed by atoms with Crippen LogP contribution in [0, 0.1) is 5.92 Å². The molecule has 10 heteroatoms. The lowest BCUT2D eigenvalue weighted by Crippen LogP contribution is -2.45. The fraction of sp³-hybridized carbons (Fsp3) is 0.517. The maximum Gasteiger partial charge on any atom is 0.264 e. The molecule has 8 nitrogen and oxygen atoms in total. The average molecular weight is 556 g/mol. The molecule has 5 atom stereocenters. The highest BCUT2D eigenvalue weighted by Crippen LogP contribution is 2.60. The molecule has 5 rings (SSSR count). The van der Waals surface area contributed by atoms with Crippen LogP contribution in [0.5, 0.6) is 5.75 Å². The number of methoxy groups -OCH3 is 1. The number of aliphatic hydroxyl groups is 1. The van der Waals surface area contributed by atoms with Gasteiger partial charge in [0, 0.05) is 29.3 Å². The molecule has 2 aromatic carbocycles. The van der Waals surface area contributed by atoms with Crippen LogP contribution in [0.4, 0.5) is 15.5 Å². The van der Waals surface area contributed by atoms with Gasteiger partial charge < -0.3 is 34.2 Å². The Hall–Kier alpha value is -2.79. The highest BCUT2D eigenvalue weighted by Gasteiger charge is 2.66. The number of nitrogens with zero attached hydrogens (tertiary/aromatic N) is 1. The van der Waals surface area contributed by atoms with Gasteiger partial charge in [0.1, 0.15) is 5.75 Å². The third-order valence-corrected chi connectivity index (χ3v) is 11.0. The number of rotatable bonds is 8. The molecular formula is C29H38FN3O5Si. The van der Waals surface area contributed by atoms with Gasteiger partial charge in [0.25, 0.3) is 5.91 Å². The SMILES string of the molecule is COc1ccc2c(c1)[C@@]1(O[C@H](CCO)[C@@H]([Si](C)(C)F)[C@@H]1C)C(=O)N2Cc1ccc(NC(=O)[C@H]2CCCN2)cc1.